The third-order valence-electron chi connectivity index (χ3n) is 3.01. The number of hydrogen-bond donors (Lipinski definition) is 0. The number of fused-ring (bicyclic) bond motifs is 2. The van der Waals surface area contributed by atoms with Gasteiger partial charge in [0.1, 0.15) is 12.2 Å². The first kappa shape index (κ1) is 6.14. The lowest BCUT2D eigenvalue weighted by Crippen LogP contribution is -2.38. The molecule has 0 aromatic heterocycles. The fraction of sp³-hybridized carbons (Fsp3) is 0.875. The van der Waals surface area contributed by atoms with E-state index in [1.165, 1.54) is 0 Å². The van der Waals surface area contributed by atoms with Crippen LogP contribution in [0.15, 0.2) is 0 Å². The maximum Gasteiger partial charge on any atom is 0.195 e. The Morgan fingerprint density at radius 1 is 1.18 bits per heavy atom. The predicted octanol–water partition coefficient (Wildman–Crippen LogP) is 0.130. The van der Waals surface area contributed by atoms with Crippen LogP contribution in [0, 0.1) is 5.41 Å². The van der Waals surface area contributed by atoms with Crippen molar-refractivity contribution < 1.29 is 14.3 Å². The lowest BCUT2D eigenvalue weighted by atomic mass is 9.77. The minimum absolute atomic E-state index is 0.0588. The van der Waals surface area contributed by atoms with Crippen LogP contribution in [0.25, 0.3) is 0 Å². The zero-order valence-corrected chi connectivity index (χ0v) is 6.53. The van der Waals surface area contributed by atoms with Gasteiger partial charge in [-0.2, -0.15) is 0 Å². The second-order valence-corrected chi connectivity index (χ2v) is 4.18. The molecule has 11 heavy (non-hydrogen) atoms. The minimum Gasteiger partial charge on any atom is -0.360 e. The van der Waals surface area contributed by atoms with Crippen molar-refractivity contribution >= 4 is 5.78 Å². The standard InChI is InChI=1S/C8H10O3/c1-8(2)6-4(10-6)3(9)5-7(8)11-5/h4-7H,1-2H3. The number of carbonyl (C=O) groups excluding carboxylic acids is 1. The smallest absolute Gasteiger partial charge is 0.195 e. The Kier molecular flexibility index (Phi) is 0.775. The summed E-state index contributed by atoms with van der Waals surface area (Å²) >= 11 is 0. The molecule has 0 aromatic rings. The van der Waals surface area contributed by atoms with E-state index < -0.39 is 0 Å². The summed E-state index contributed by atoms with van der Waals surface area (Å²) in [7, 11) is 0. The van der Waals surface area contributed by atoms with Crippen LogP contribution >= 0.6 is 0 Å². The van der Waals surface area contributed by atoms with E-state index in [-0.39, 0.29) is 35.6 Å². The molecular formula is C8H10O3. The highest BCUT2D eigenvalue weighted by Crippen LogP contribution is 2.55. The second-order valence-electron chi connectivity index (χ2n) is 4.18. The lowest BCUT2D eigenvalue weighted by molar-refractivity contribution is -0.121. The van der Waals surface area contributed by atoms with Gasteiger partial charge in [-0.05, 0) is 0 Å². The topological polar surface area (TPSA) is 42.1 Å². The van der Waals surface area contributed by atoms with Crippen molar-refractivity contribution in [3.05, 3.63) is 0 Å². The number of ether oxygens (including phenoxy) is 2. The summed E-state index contributed by atoms with van der Waals surface area (Å²) in [6.45, 7) is 4.21. The average molecular weight is 154 g/mol. The highest BCUT2D eigenvalue weighted by molar-refractivity contribution is 5.94. The number of Topliss-reactive ketones (excluding diaryl/α,β-unsaturated/α-hetero) is 1. The molecule has 0 aromatic carbocycles. The van der Waals surface area contributed by atoms with Crippen LogP contribution in [0.2, 0.25) is 0 Å². The molecule has 1 saturated carbocycles. The molecule has 0 N–H and O–H groups in total. The fourth-order valence-electron chi connectivity index (χ4n) is 2.11. The third-order valence-corrected chi connectivity index (χ3v) is 3.01. The van der Waals surface area contributed by atoms with Gasteiger partial charge in [0.15, 0.2) is 5.78 Å². The molecule has 60 valence electrons. The Labute approximate surface area is 64.7 Å². The summed E-state index contributed by atoms with van der Waals surface area (Å²) in [4.78, 5) is 11.2. The third kappa shape index (κ3) is 0.554. The van der Waals surface area contributed by atoms with E-state index in [1.807, 2.05) is 0 Å². The van der Waals surface area contributed by atoms with E-state index in [2.05, 4.69) is 13.8 Å². The Morgan fingerprint density at radius 3 is 2.09 bits per heavy atom. The zero-order chi connectivity index (χ0) is 7.80. The molecule has 3 fully saturated rings. The normalized spacial score (nSPS) is 56.4. The molecule has 2 aliphatic heterocycles. The second kappa shape index (κ2) is 1.39. The Balaban J connectivity index is 1.99. The van der Waals surface area contributed by atoms with E-state index in [0.29, 0.717) is 0 Å². The zero-order valence-electron chi connectivity index (χ0n) is 6.53. The molecule has 3 aliphatic rings. The van der Waals surface area contributed by atoms with Crippen molar-refractivity contribution in [2.75, 3.05) is 0 Å². The van der Waals surface area contributed by atoms with Gasteiger partial charge in [0.25, 0.3) is 0 Å². The van der Waals surface area contributed by atoms with Crippen molar-refractivity contribution in [1.82, 2.24) is 0 Å². The molecule has 4 atom stereocenters. The van der Waals surface area contributed by atoms with Gasteiger partial charge in [-0.3, -0.25) is 4.79 Å². The summed E-state index contributed by atoms with van der Waals surface area (Å²) < 4.78 is 10.6. The number of ketones is 1. The van der Waals surface area contributed by atoms with E-state index >= 15 is 0 Å². The van der Waals surface area contributed by atoms with E-state index in [0.717, 1.165) is 0 Å². The van der Waals surface area contributed by atoms with Crippen molar-refractivity contribution in [3.63, 3.8) is 0 Å². The summed E-state index contributed by atoms with van der Waals surface area (Å²) in [6.07, 6.45) is 0.0139. The van der Waals surface area contributed by atoms with Gasteiger partial charge in [-0.1, -0.05) is 13.8 Å². The molecule has 2 heterocycles. The number of hydrogen-bond acceptors (Lipinski definition) is 3. The molecule has 0 spiro atoms. The van der Waals surface area contributed by atoms with Gasteiger partial charge in [0, 0.05) is 5.41 Å². The minimum atomic E-state index is -0.131. The summed E-state index contributed by atoms with van der Waals surface area (Å²) in [6, 6.07) is 0. The van der Waals surface area contributed by atoms with Gasteiger partial charge in [-0.15, -0.1) is 0 Å². The molecule has 0 bridgehead atoms. The van der Waals surface area contributed by atoms with Crippen LogP contribution < -0.4 is 0 Å². The summed E-state index contributed by atoms with van der Waals surface area (Å²) in [5, 5.41) is 0. The molecule has 0 amide bonds. The van der Waals surface area contributed by atoms with Crippen LogP contribution in [0.5, 0.6) is 0 Å². The summed E-state index contributed by atoms with van der Waals surface area (Å²) in [5.41, 5.74) is 0.0588. The fourth-order valence-corrected chi connectivity index (χ4v) is 2.11. The van der Waals surface area contributed by atoms with Crippen LogP contribution in [0.4, 0.5) is 0 Å². The van der Waals surface area contributed by atoms with Gasteiger partial charge in [0.2, 0.25) is 0 Å². The molecule has 4 unspecified atom stereocenters. The largest absolute Gasteiger partial charge is 0.360 e. The van der Waals surface area contributed by atoms with Crippen LogP contribution in [-0.2, 0) is 14.3 Å². The molecule has 0 radical (unpaired) electrons. The molecule has 2 saturated heterocycles. The molecule has 1 aliphatic carbocycles. The van der Waals surface area contributed by atoms with Crippen LogP contribution in [0.1, 0.15) is 13.8 Å². The number of epoxide rings is 2. The Hall–Kier alpha value is -0.410. The molecule has 3 nitrogen and oxygen atoms in total. The van der Waals surface area contributed by atoms with Gasteiger partial charge >= 0.3 is 0 Å². The van der Waals surface area contributed by atoms with Crippen molar-refractivity contribution in [2.24, 2.45) is 5.41 Å². The maximum atomic E-state index is 11.2. The van der Waals surface area contributed by atoms with Crippen molar-refractivity contribution in [2.45, 2.75) is 38.3 Å². The monoisotopic (exact) mass is 154 g/mol. The maximum absolute atomic E-state index is 11.2. The Morgan fingerprint density at radius 2 is 1.64 bits per heavy atom. The van der Waals surface area contributed by atoms with Crippen molar-refractivity contribution in [1.29, 1.82) is 0 Å². The van der Waals surface area contributed by atoms with Crippen LogP contribution in [-0.4, -0.2) is 30.2 Å². The first-order chi connectivity index (χ1) is 5.12. The summed E-state index contributed by atoms with van der Waals surface area (Å²) in [5.74, 6) is 0.166. The van der Waals surface area contributed by atoms with Crippen LogP contribution in [0.3, 0.4) is 0 Å². The molecule has 3 heteroatoms. The molecule has 3 rings (SSSR count). The van der Waals surface area contributed by atoms with E-state index in [9.17, 15) is 4.79 Å². The Bertz CT molecular complexity index is 224. The van der Waals surface area contributed by atoms with Crippen molar-refractivity contribution in [3.8, 4) is 0 Å². The molecular weight excluding hydrogens is 144 g/mol. The lowest BCUT2D eigenvalue weighted by Gasteiger charge is -2.21. The average Bonchev–Trinajstić information content (AvgIpc) is 2.79. The van der Waals surface area contributed by atoms with E-state index in [1.54, 1.807) is 0 Å². The number of carbonyl (C=O) groups is 1. The highest BCUT2D eigenvalue weighted by atomic mass is 16.6. The number of rotatable bonds is 0. The van der Waals surface area contributed by atoms with Gasteiger partial charge in [0.05, 0.1) is 12.2 Å². The quantitative estimate of drug-likeness (QED) is 0.466. The first-order valence-corrected chi connectivity index (χ1v) is 3.97. The SMILES string of the molecule is CC1(C)C2OC2C(=O)C2OC21. The van der Waals surface area contributed by atoms with E-state index in [4.69, 9.17) is 9.47 Å². The van der Waals surface area contributed by atoms with Gasteiger partial charge < -0.3 is 9.47 Å². The highest BCUT2D eigenvalue weighted by Gasteiger charge is 2.72. The predicted molar refractivity (Wildman–Crippen MR) is 36.1 cm³/mol. The first-order valence-electron chi connectivity index (χ1n) is 3.97. The van der Waals surface area contributed by atoms with Gasteiger partial charge in [-0.25, -0.2) is 0 Å².